The van der Waals surface area contributed by atoms with E-state index in [-0.39, 0.29) is 18.0 Å². The lowest BCUT2D eigenvalue weighted by Gasteiger charge is -2.19. The molecule has 9 heteroatoms. The molecule has 0 heterocycles. The molecule has 0 spiro atoms. The van der Waals surface area contributed by atoms with Crippen LogP contribution in [0, 0.1) is 11.8 Å². The molecule has 6 N–H and O–H groups in total. The quantitative estimate of drug-likeness (QED) is 0.0977. The zero-order valence-electron chi connectivity index (χ0n) is 21.6. The lowest BCUT2D eigenvalue weighted by Crippen LogP contribution is -2.51. The lowest BCUT2D eigenvalue weighted by molar-refractivity contribution is -0.133. The van der Waals surface area contributed by atoms with E-state index in [1.807, 2.05) is 18.2 Å². The van der Waals surface area contributed by atoms with Gasteiger partial charge in [-0.25, -0.2) is 5.48 Å². The molecule has 0 aromatic heterocycles. The molecule has 3 aromatic rings. The second-order valence-corrected chi connectivity index (χ2v) is 8.89. The number of benzene rings is 3. The van der Waals surface area contributed by atoms with Crippen molar-refractivity contribution in [2.45, 2.75) is 31.9 Å². The van der Waals surface area contributed by atoms with Crippen LogP contribution in [0.2, 0.25) is 0 Å². The molecule has 0 radical (unpaired) electrons. The van der Waals surface area contributed by atoms with E-state index < -0.39 is 24.0 Å². The van der Waals surface area contributed by atoms with Gasteiger partial charge in [0.2, 0.25) is 5.91 Å². The zero-order chi connectivity index (χ0) is 28.0. The van der Waals surface area contributed by atoms with Crippen LogP contribution in [0.15, 0.2) is 78.9 Å². The third-order valence-electron chi connectivity index (χ3n) is 5.78. The van der Waals surface area contributed by atoms with Crippen LogP contribution < -0.4 is 21.4 Å². The SMILES string of the molecule is C[C@@H](O)[C@H](NC(=O)c1ccc(C#Cc2ccc(NC(=O)CNCCCc3ccccc3)cc2)cc1)C(=O)NO. The monoisotopic (exact) mass is 528 g/mol. The van der Waals surface area contributed by atoms with Gasteiger partial charge in [-0.05, 0) is 80.4 Å². The number of carbonyl (C=O) groups is 3. The fraction of sp³-hybridized carbons (Fsp3) is 0.233. The van der Waals surface area contributed by atoms with Gasteiger partial charge < -0.3 is 21.1 Å². The van der Waals surface area contributed by atoms with E-state index in [2.05, 4.69) is 39.9 Å². The van der Waals surface area contributed by atoms with Crippen molar-refractivity contribution in [1.29, 1.82) is 0 Å². The Morgan fingerprint density at radius 1 is 0.872 bits per heavy atom. The van der Waals surface area contributed by atoms with Gasteiger partial charge in [0, 0.05) is 22.4 Å². The minimum atomic E-state index is -1.30. The Morgan fingerprint density at radius 2 is 1.49 bits per heavy atom. The summed E-state index contributed by atoms with van der Waals surface area (Å²) in [7, 11) is 0. The van der Waals surface area contributed by atoms with Gasteiger partial charge in [0.05, 0.1) is 12.6 Å². The van der Waals surface area contributed by atoms with Gasteiger partial charge in [-0.15, -0.1) is 0 Å². The average molecular weight is 529 g/mol. The maximum Gasteiger partial charge on any atom is 0.268 e. The summed E-state index contributed by atoms with van der Waals surface area (Å²) in [6.45, 7) is 2.32. The van der Waals surface area contributed by atoms with Gasteiger partial charge in [-0.2, -0.15) is 0 Å². The molecule has 3 rings (SSSR count). The molecule has 3 aromatic carbocycles. The number of amides is 3. The number of hydroxylamine groups is 1. The zero-order valence-corrected chi connectivity index (χ0v) is 21.6. The second-order valence-electron chi connectivity index (χ2n) is 8.89. The Hall–Kier alpha value is -4.49. The van der Waals surface area contributed by atoms with Crippen molar-refractivity contribution in [1.82, 2.24) is 16.1 Å². The first-order chi connectivity index (χ1) is 18.9. The molecule has 2 atom stereocenters. The predicted octanol–water partition coefficient (Wildman–Crippen LogP) is 2.23. The van der Waals surface area contributed by atoms with E-state index in [1.165, 1.54) is 18.0 Å². The molecule has 0 saturated carbocycles. The third-order valence-corrected chi connectivity index (χ3v) is 5.78. The highest BCUT2D eigenvalue weighted by Crippen LogP contribution is 2.10. The van der Waals surface area contributed by atoms with Crippen molar-refractivity contribution in [3.8, 4) is 11.8 Å². The van der Waals surface area contributed by atoms with Gasteiger partial charge in [0.1, 0.15) is 6.04 Å². The fourth-order valence-corrected chi connectivity index (χ4v) is 3.65. The number of nitrogens with one attached hydrogen (secondary N) is 4. The average Bonchev–Trinajstić information content (AvgIpc) is 2.95. The van der Waals surface area contributed by atoms with Crippen LogP contribution in [0.4, 0.5) is 5.69 Å². The molecule has 9 nitrogen and oxygen atoms in total. The number of aliphatic hydroxyl groups excluding tert-OH is 1. The number of carbonyl (C=O) groups excluding carboxylic acids is 3. The van der Waals surface area contributed by atoms with Crippen LogP contribution in [0.25, 0.3) is 0 Å². The van der Waals surface area contributed by atoms with Crippen molar-refractivity contribution in [3.63, 3.8) is 0 Å². The molecule has 3 amide bonds. The number of aliphatic hydroxyl groups is 1. The van der Waals surface area contributed by atoms with Crippen molar-refractivity contribution < 1.29 is 24.7 Å². The van der Waals surface area contributed by atoms with Gasteiger partial charge in [0.25, 0.3) is 11.8 Å². The van der Waals surface area contributed by atoms with E-state index in [4.69, 9.17) is 5.21 Å². The van der Waals surface area contributed by atoms with E-state index in [0.29, 0.717) is 11.3 Å². The van der Waals surface area contributed by atoms with Crippen LogP contribution in [0.3, 0.4) is 0 Å². The number of hydrogen-bond donors (Lipinski definition) is 6. The van der Waals surface area contributed by atoms with Crippen LogP contribution in [-0.4, -0.2) is 53.3 Å². The first-order valence-electron chi connectivity index (χ1n) is 12.5. The Morgan fingerprint density at radius 3 is 2.08 bits per heavy atom. The molecule has 0 bridgehead atoms. The third kappa shape index (κ3) is 9.72. The minimum absolute atomic E-state index is 0.116. The first-order valence-corrected chi connectivity index (χ1v) is 12.5. The summed E-state index contributed by atoms with van der Waals surface area (Å²) in [6.07, 6.45) is 0.721. The maximum atomic E-state index is 12.4. The Labute approximate surface area is 227 Å². The Kier molecular flexibility index (Phi) is 11.2. The molecule has 0 aliphatic carbocycles. The Bertz CT molecular complexity index is 1300. The smallest absolute Gasteiger partial charge is 0.268 e. The summed E-state index contributed by atoms with van der Waals surface area (Å²) in [5.41, 5.74) is 5.07. The highest BCUT2D eigenvalue weighted by atomic mass is 16.5. The number of aryl methyl sites for hydroxylation is 1. The van der Waals surface area contributed by atoms with Crippen LogP contribution in [0.1, 0.15) is 40.4 Å². The number of anilines is 1. The molecular weight excluding hydrogens is 496 g/mol. The van der Waals surface area contributed by atoms with Gasteiger partial charge in [-0.3, -0.25) is 19.6 Å². The van der Waals surface area contributed by atoms with Crippen molar-refractivity contribution >= 4 is 23.4 Å². The van der Waals surface area contributed by atoms with E-state index in [0.717, 1.165) is 24.9 Å². The first kappa shape index (κ1) is 29.1. The van der Waals surface area contributed by atoms with E-state index in [1.54, 1.807) is 48.5 Å². The molecule has 0 aliphatic rings. The predicted molar refractivity (Wildman–Crippen MR) is 148 cm³/mol. The van der Waals surface area contributed by atoms with Crippen molar-refractivity contribution in [3.05, 3.63) is 101 Å². The summed E-state index contributed by atoms with van der Waals surface area (Å²) in [5.74, 6) is 4.43. The Balaban J connectivity index is 1.44. The number of hydrogen-bond acceptors (Lipinski definition) is 6. The molecule has 202 valence electrons. The molecule has 0 aliphatic heterocycles. The second kappa shape index (κ2) is 15.1. The van der Waals surface area contributed by atoms with Gasteiger partial charge in [0.15, 0.2) is 0 Å². The maximum absolute atomic E-state index is 12.4. The van der Waals surface area contributed by atoms with E-state index >= 15 is 0 Å². The molecule has 39 heavy (non-hydrogen) atoms. The standard InChI is InChI=1S/C30H32N4O5/c1-21(35)28(30(38)34-39)33-29(37)25-15-11-23(12-16-25)9-10-24-13-17-26(18-14-24)32-27(36)20-31-19-5-8-22-6-3-2-4-7-22/h2-4,6-7,11-18,21,28,31,35,39H,5,8,19-20H2,1H3,(H,32,36)(H,33,37)(H,34,38)/t21-,28+/m1/s1. The highest BCUT2D eigenvalue weighted by Gasteiger charge is 2.25. The van der Waals surface area contributed by atoms with Crippen molar-refractivity contribution in [2.24, 2.45) is 0 Å². The molecular formula is C30H32N4O5. The van der Waals surface area contributed by atoms with E-state index in [9.17, 15) is 19.5 Å². The van der Waals surface area contributed by atoms with Crippen molar-refractivity contribution in [2.75, 3.05) is 18.4 Å². The molecule has 0 fully saturated rings. The normalized spacial score (nSPS) is 11.9. The van der Waals surface area contributed by atoms with Crippen LogP contribution >= 0.6 is 0 Å². The minimum Gasteiger partial charge on any atom is -0.391 e. The largest absolute Gasteiger partial charge is 0.391 e. The molecule has 0 unspecified atom stereocenters. The topological polar surface area (TPSA) is 140 Å². The summed E-state index contributed by atoms with van der Waals surface area (Å²) < 4.78 is 0. The fourth-order valence-electron chi connectivity index (χ4n) is 3.65. The summed E-state index contributed by atoms with van der Waals surface area (Å²) >= 11 is 0. The summed E-state index contributed by atoms with van der Waals surface area (Å²) in [4.78, 5) is 36.1. The summed E-state index contributed by atoms with van der Waals surface area (Å²) in [5, 5.41) is 26.8. The van der Waals surface area contributed by atoms with Gasteiger partial charge in [-0.1, -0.05) is 42.2 Å². The molecule has 0 saturated heterocycles. The lowest BCUT2D eigenvalue weighted by atomic mass is 10.1. The highest BCUT2D eigenvalue weighted by molar-refractivity contribution is 5.97. The van der Waals surface area contributed by atoms with Crippen LogP contribution in [-0.2, 0) is 16.0 Å². The summed E-state index contributed by atoms with van der Waals surface area (Å²) in [6, 6.07) is 22.5. The van der Waals surface area contributed by atoms with Gasteiger partial charge >= 0.3 is 0 Å². The van der Waals surface area contributed by atoms with Crippen LogP contribution in [0.5, 0.6) is 0 Å². The number of rotatable bonds is 11.